The molecule has 2 saturated carbocycles. The molecule has 230 valence electrons. The van der Waals surface area contributed by atoms with Crippen LogP contribution in [0.25, 0.3) is 11.1 Å². The van der Waals surface area contributed by atoms with Gasteiger partial charge in [-0.3, -0.25) is 4.79 Å². The lowest BCUT2D eigenvalue weighted by atomic mass is 9.91. The summed E-state index contributed by atoms with van der Waals surface area (Å²) in [4.78, 5) is 26.2. The maximum Gasteiger partial charge on any atom is 0.328 e. The van der Waals surface area contributed by atoms with Crippen LogP contribution in [0, 0.1) is 18.8 Å². The molecule has 1 unspecified atom stereocenters. The van der Waals surface area contributed by atoms with E-state index in [1.54, 1.807) is 11.8 Å². The third-order valence-electron chi connectivity index (χ3n) is 9.27. The fourth-order valence-corrected chi connectivity index (χ4v) is 13.1. The Morgan fingerprint density at radius 3 is 2.14 bits per heavy atom. The van der Waals surface area contributed by atoms with Gasteiger partial charge in [0, 0.05) is 11.7 Å². The van der Waals surface area contributed by atoms with Crippen LogP contribution >= 0.6 is 17.8 Å². The smallest absolute Gasteiger partial charge is 0.328 e. The Labute approximate surface area is 263 Å². The number of carbonyl (C=O) groups is 2. The maximum atomic E-state index is 13.7. The number of aryl methyl sites for hydroxylation is 1. The van der Waals surface area contributed by atoms with Crippen LogP contribution in [0.15, 0.2) is 42.5 Å². The summed E-state index contributed by atoms with van der Waals surface area (Å²) in [5, 5.41) is 2.98. The van der Waals surface area contributed by atoms with Gasteiger partial charge in [0.15, 0.2) is 0 Å². The van der Waals surface area contributed by atoms with Crippen molar-refractivity contribution in [2.24, 2.45) is 11.8 Å². The lowest BCUT2D eigenvalue weighted by Crippen LogP contribution is -2.42. The van der Waals surface area contributed by atoms with Gasteiger partial charge in [-0.15, -0.1) is 0 Å². The maximum absolute atomic E-state index is 13.7. The second kappa shape index (κ2) is 16.5. The first-order chi connectivity index (χ1) is 20.3. The summed E-state index contributed by atoms with van der Waals surface area (Å²) in [5.41, 5.74) is 4.95. The molecular formula is C35H50NO3PS2. The van der Waals surface area contributed by atoms with Crippen molar-refractivity contribution < 1.29 is 14.3 Å². The van der Waals surface area contributed by atoms with Gasteiger partial charge in [-0.05, 0) is 89.9 Å². The number of methoxy groups -OCH3 is 1. The summed E-state index contributed by atoms with van der Waals surface area (Å²) in [6.07, 6.45) is 19.5. The van der Waals surface area contributed by atoms with E-state index in [2.05, 4.69) is 36.5 Å². The van der Waals surface area contributed by atoms with E-state index in [4.69, 9.17) is 16.5 Å². The molecule has 0 saturated heterocycles. The van der Waals surface area contributed by atoms with Crippen LogP contribution in [0.2, 0.25) is 0 Å². The van der Waals surface area contributed by atoms with Gasteiger partial charge in [0.25, 0.3) is 5.91 Å². The molecule has 2 aromatic rings. The van der Waals surface area contributed by atoms with Gasteiger partial charge in [0.1, 0.15) is 6.04 Å². The number of esters is 1. The number of thioether (sulfide) groups is 1. The van der Waals surface area contributed by atoms with Gasteiger partial charge < -0.3 is 10.1 Å². The van der Waals surface area contributed by atoms with Crippen LogP contribution in [-0.2, 0) is 27.5 Å². The Bertz CT molecular complexity index is 1210. The van der Waals surface area contributed by atoms with Crippen LogP contribution in [0.1, 0.15) is 92.1 Å². The summed E-state index contributed by atoms with van der Waals surface area (Å²) < 4.78 is 5.01. The zero-order valence-electron chi connectivity index (χ0n) is 25.9. The molecule has 42 heavy (non-hydrogen) atoms. The molecule has 1 atom stereocenters. The molecule has 0 aliphatic heterocycles. The first-order valence-electron chi connectivity index (χ1n) is 16.0. The van der Waals surface area contributed by atoms with Gasteiger partial charge >= 0.3 is 5.97 Å². The first kappa shape index (κ1) is 33.3. The molecular weight excluding hydrogens is 577 g/mol. The van der Waals surface area contributed by atoms with Crippen molar-refractivity contribution in [2.45, 2.75) is 89.8 Å². The molecule has 2 fully saturated rings. The van der Waals surface area contributed by atoms with Crippen LogP contribution < -0.4 is 5.32 Å². The van der Waals surface area contributed by atoms with Crippen molar-refractivity contribution in [2.75, 3.05) is 31.4 Å². The minimum absolute atomic E-state index is 0.236. The SMILES string of the molecule is COC(=O)C(CCSC)NC(=O)c1ccc(CP(=S)(CC2CCCCC2)CC2CCCCC2)cc1-c1ccccc1C. The van der Waals surface area contributed by atoms with E-state index in [1.165, 1.54) is 89.2 Å². The fourth-order valence-electron chi connectivity index (χ4n) is 7.07. The third-order valence-corrected chi connectivity index (χ3v) is 14.5. The van der Waals surface area contributed by atoms with Crippen LogP contribution in [-0.4, -0.2) is 49.4 Å². The minimum atomic E-state index is -1.62. The Morgan fingerprint density at radius 2 is 1.57 bits per heavy atom. The zero-order chi connectivity index (χ0) is 30.0. The Hall–Kier alpha value is -1.62. The average Bonchev–Trinajstić information content (AvgIpc) is 2.99. The lowest BCUT2D eigenvalue weighted by molar-refractivity contribution is -0.142. The predicted octanol–water partition coefficient (Wildman–Crippen LogP) is 8.83. The predicted molar refractivity (Wildman–Crippen MR) is 184 cm³/mol. The highest BCUT2D eigenvalue weighted by Gasteiger charge is 2.29. The van der Waals surface area contributed by atoms with Crippen LogP contribution in [0.4, 0.5) is 0 Å². The van der Waals surface area contributed by atoms with Crippen molar-refractivity contribution in [1.82, 2.24) is 5.32 Å². The Kier molecular flexibility index (Phi) is 13.0. The highest BCUT2D eigenvalue weighted by atomic mass is 32.4. The summed E-state index contributed by atoms with van der Waals surface area (Å²) >= 11 is 8.38. The van der Waals surface area contributed by atoms with Crippen molar-refractivity contribution in [3.05, 3.63) is 59.2 Å². The topological polar surface area (TPSA) is 55.4 Å². The fraction of sp³-hybridized carbons (Fsp3) is 0.600. The lowest BCUT2D eigenvalue weighted by Gasteiger charge is -2.34. The van der Waals surface area contributed by atoms with Gasteiger partial charge in [0.2, 0.25) is 0 Å². The molecule has 0 bridgehead atoms. The van der Waals surface area contributed by atoms with E-state index in [0.29, 0.717) is 12.0 Å². The van der Waals surface area contributed by atoms with Gasteiger partial charge in [-0.1, -0.05) is 106 Å². The normalized spacial score (nSPS) is 17.5. The Morgan fingerprint density at radius 1 is 0.952 bits per heavy atom. The largest absolute Gasteiger partial charge is 0.467 e. The molecule has 2 aliphatic rings. The molecule has 7 heteroatoms. The van der Waals surface area contributed by atoms with Gasteiger partial charge in [-0.25, -0.2) is 4.79 Å². The molecule has 4 nitrogen and oxygen atoms in total. The number of carbonyl (C=O) groups excluding carboxylic acids is 2. The summed E-state index contributed by atoms with van der Waals surface area (Å²) in [7, 11) is 1.37. The first-order valence-corrected chi connectivity index (χ1v) is 20.7. The summed E-state index contributed by atoms with van der Waals surface area (Å²) in [6, 6.07) is 12.3. The molecule has 0 aromatic heterocycles. The van der Waals surface area contributed by atoms with Crippen molar-refractivity contribution in [3.63, 3.8) is 0 Å². The molecule has 1 N–H and O–H groups in total. The highest BCUT2D eigenvalue weighted by molar-refractivity contribution is 8.14. The number of ether oxygens (including phenoxy) is 1. The molecule has 4 rings (SSSR count). The van der Waals surface area contributed by atoms with Gasteiger partial charge in [-0.2, -0.15) is 11.8 Å². The Balaban J connectivity index is 1.66. The molecule has 0 heterocycles. The monoisotopic (exact) mass is 627 g/mol. The molecule has 1 amide bonds. The minimum Gasteiger partial charge on any atom is -0.467 e. The number of amides is 1. The highest BCUT2D eigenvalue weighted by Crippen LogP contribution is 2.55. The molecule has 2 aliphatic carbocycles. The molecule has 0 radical (unpaired) electrons. The number of rotatable bonds is 13. The number of hydrogen-bond acceptors (Lipinski definition) is 5. The van der Waals surface area contributed by atoms with Crippen LogP contribution in [0.5, 0.6) is 0 Å². The number of benzene rings is 2. The van der Waals surface area contributed by atoms with E-state index in [1.807, 2.05) is 24.5 Å². The van der Waals surface area contributed by atoms with Crippen molar-refractivity contribution in [3.8, 4) is 11.1 Å². The van der Waals surface area contributed by atoms with Crippen molar-refractivity contribution in [1.29, 1.82) is 0 Å². The quantitative estimate of drug-likeness (QED) is 0.178. The summed E-state index contributed by atoms with van der Waals surface area (Å²) in [5.74, 6) is 1.69. The van der Waals surface area contributed by atoms with Gasteiger partial charge in [0.05, 0.1) is 7.11 Å². The van der Waals surface area contributed by atoms with E-state index in [-0.39, 0.29) is 5.91 Å². The number of nitrogens with one attached hydrogen (secondary N) is 1. The van der Waals surface area contributed by atoms with E-state index in [0.717, 1.165) is 40.4 Å². The van der Waals surface area contributed by atoms with E-state index in [9.17, 15) is 9.59 Å². The third kappa shape index (κ3) is 9.44. The van der Waals surface area contributed by atoms with E-state index >= 15 is 0 Å². The zero-order valence-corrected chi connectivity index (χ0v) is 28.4. The standard InChI is InChI=1S/C35H50NO3PS2/c1-26-12-10-11-17-30(26)32-22-29(18-19-31(32)34(37)36-33(20-21-42-3)35(38)39-2)25-40(41,23-27-13-6-4-7-14-27)24-28-15-8-5-9-16-28/h10-12,17-19,22,27-28,33H,4-9,13-16,20-21,23-25H2,1-3H3,(H,36,37). The second-order valence-electron chi connectivity index (χ2n) is 12.6. The van der Waals surface area contributed by atoms with Crippen LogP contribution in [0.3, 0.4) is 0 Å². The van der Waals surface area contributed by atoms with Crippen molar-refractivity contribution >= 4 is 41.5 Å². The summed E-state index contributed by atoms with van der Waals surface area (Å²) in [6.45, 7) is 2.09. The molecule has 2 aromatic carbocycles. The second-order valence-corrected chi connectivity index (χ2v) is 19.1. The number of hydrogen-bond donors (Lipinski definition) is 1. The van der Waals surface area contributed by atoms with E-state index < -0.39 is 18.0 Å². The average molecular weight is 628 g/mol. The molecule has 0 spiro atoms.